The van der Waals surface area contributed by atoms with Crippen molar-refractivity contribution >= 4 is 11.7 Å². The molecule has 22 heavy (non-hydrogen) atoms. The second-order valence-electron chi connectivity index (χ2n) is 6.04. The van der Waals surface area contributed by atoms with E-state index in [1.165, 1.54) is 17.5 Å². The highest BCUT2D eigenvalue weighted by molar-refractivity contribution is 5.90. The van der Waals surface area contributed by atoms with E-state index < -0.39 is 0 Å². The van der Waals surface area contributed by atoms with Gasteiger partial charge in [-0.25, -0.2) is 4.79 Å². The van der Waals surface area contributed by atoms with Crippen molar-refractivity contribution in [1.82, 2.24) is 25.1 Å². The van der Waals surface area contributed by atoms with Gasteiger partial charge in [0.1, 0.15) is 0 Å². The number of rotatable bonds is 2. The molecule has 4 rings (SSSR count). The number of carbonyl (C=O) groups excluding carboxylic acids is 1. The van der Waals surface area contributed by atoms with Gasteiger partial charge >= 0.3 is 6.03 Å². The van der Waals surface area contributed by atoms with Gasteiger partial charge in [-0.15, -0.1) is 15.0 Å². The van der Waals surface area contributed by atoms with Gasteiger partial charge in [-0.3, -0.25) is 0 Å². The van der Waals surface area contributed by atoms with E-state index in [0.717, 1.165) is 36.2 Å². The summed E-state index contributed by atoms with van der Waals surface area (Å²) in [6.45, 7) is 1.98. The molecule has 2 atom stereocenters. The molecule has 7 heteroatoms. The third-order valence-electron chi connectivity index (χ3n) is 4.67. The van der Waals surface area contributed by atoms with Gasteiger partial charge in [-0.1, -0.05) is 6.07 Å². The molecule has 3 heterocycles. The van der Waals surface area contributed by atoms with Crippen LogP contribution in [0.1, 0.15) is 31.2 Å². The van der Waals surface area contributed by atoms with Crippen molar-refractivity contribution in [2.24, 2.45) is 0 Å². The minimum Gasteiger partial charge on any atom is -0.318 e. The van der Waals surface area contributed by atoms with E-state index in [2.05, 4.69) is 20.7 Å². The van der Waals surface area contributed by atoms with Crippen LogP contribution in [-0.2, 0) is 0 Å². The molecule has 2 amide bonds. The zero-order valence-electron chi connectivity index (χ0n) is 12.4. The summed E-state index contributed by atoms with van der Waals surface area (Å²) in [5, 5.41) is 14.7. The van der Waals surface area contributed by atoms with Crippen molar-refractivity contribution in [2.75, 3.05) is 5.32 Å². The number of carbonyl (C=O) groups is 1. The number of amides is 2. The summed E-state index contributed by atoms with van der Waals surface area (Å²) in [6.07, 6.45) is 6.06. The lowest BCUT2D eigenvalue weighted by Crippen LogP contribution is -2.62. The summed E-state index contributed by atoms with van der Waals surface area (Å²) in [6, 6.07) is 6.60. The van der Waals surface area contributed by atoms with Crippen molar-refractivity contribution < 1.29 is 4.79 Å². The molecule has 114 valence electrons. The molecule has 0 spiro atoms. The van der Waals surface area contributed by atoms with Gasteiger partial charge in [0.05, 0.1) is 5.69 Å². The number of anilines is 1. The largest absolute Gasteiger partial charge is 0.322 e. The first kappa shape index (κ1) is 13.2. The molecule has 1 N–H and O–H groups in total. The Morgan fingerprint density at radius 2 is 2.14 bits per heavy atom. The number of tetrazole rings is 1. The Balaban J connectivity index is 1.54. The lowest BCUT2D eigenvalue weighted by atomic mass is 9.80. The molecule has 7 nitrogen and oxygen atoms in total. The Morgan fingerprint density at radius 1 is 1.32 bits per heavy atom. The highest BCUT2D eigenvalue weighted by atomic mass is 16.2. The van der Waals surface area contributed by atoms with Crippen LogP contribution in [0.3, 0.4) is 0 Å². The number of aromatic nitrogens is 4. The zero-order valence-corrected chi connectivity index (χ0v) is 12.4. The van der Waals surface area contributed by atoms with Crippen LogP contribution < -0.4 is 5.32 Å². The van der Waals surface area contributed by atoms with Crippen molar-refractivity contribution in [2.45, 2.75) is 44.7 Å². The summed E-state index contributed by atoms with van der Waals surface area (Å²) in [4.78, 5) is 15.9. The van der Waals surface area contributed by atoms with Gasteiger partial charge < -0.3 is 10.2 Å². The molecule has 2 aromatic rings. The van der Waals surface area contributed by atoms with E-state index in [9.17, 15) is 4.79 Å². The third-order valence-corrected chi connectivity index (χ3v) is 4.67. The molecule has 2 bridgehead atoms. The molecule has 2 saturated heterocycles. The first-order valence-electron chi connectivity index (χ1n) is 7.66. The van der Waals surface area contributed by atoms with Crippen LogP contribution >= 0.6 is 0 Å². The van der Waals surface area contributed by atoms with E-state index in [1.54, 1.807) is 0 Å². The number of aryl methyl sites for hydroxylation is 1. The summed E-state index contributed by atoms with van der Waals surface area (Å²) >= 11 is 0. The van der Waals surface area contributed by atoms with Crippen molar-refractivity contribution in [3.05, 3.63) is 30.1 Å². The fraction of sp³-hybridized carbons (Fsp3) is 0.467. The van der Waals surface area contributed by atoms with Crippen LogP contribution in [0.5, 0.6) is 0 Å². The molecule has 2 unspecified atom stereocenters. The van der Waals surface area contributed by atoms with E-state index in [4.69, 9.17) is 0 Å². The second-order valence-corrected chi connectivity index (χ2v) is 6.04. The lowest BCUT2D eigenvalue weighted by molar-refractivity contribution is 0.0173. The van der Waals surface area contributed by atoms with Gasteiger partial charge in [0, 0.05) is 17.8 Å². The van der Waals surface area contributed by atoms with Crippen LogP contribution in [0.4, 0.5) is 10.5 Å². The van der Waals surface area contributed by atoms with Gasteiger partial charge in [0.15, 0.2) is 6.33 Å². The molecule has 1 aromatic carbocycles. The van der Waals surface area contributed by atoms with Crippen LogP contribution in [0, 0.1) is 6.92 Å². The molecule has 2 aliphatic heterocycles. The van der Waals surface area contributed by atoms with Crippen LogP contribution in [0.25, 0.3) is 5.69 Å². The minimum absolute atomic E-state index is 0.00213. The summed E-state index contributed by atoms with van der Waals surface area (Å²) in [7, 11) is 0. The van der Waals surface area contributed by atoms with Gasteiger partial charge in [0.25, 0.3) is 0 Å². The van der Waals surface area contributed by atoms with Gasteiger partial charge in [-0.2, -0.15) is 0 Å². The van der Waals surface area contributed by atoms with E-state index in [0.29, 0.717) is 12.1 Å². The van der Waals surface area contributed by atoms with Gasteiger partial charge in [0.2, 0.25) is 0 Å². The van der Waals surface area contributed by atoms with Crippen LogP contribution in [0.2, 0.25) is 0 Å². The number of fused-ring (bicyclic) bond motifs is 2. The monoisotopic (exact) mass is 298 g/mol. The quantitative estimate of drug-likeness (QED) is 0.921. The Morgan fingerprint density at radius 3 is 2.82 bits per heavy atom. The first-order valence-corrected chi connectivity index (χ1v) is 7.66. The number of nitrogens with zero attached hydrogens (tertiary/aromatic N) is 5. The van der Waals surface area contributed by atoms with E-state index in [1.807, 2.05) is 30.0 Å². The Labute approximate surface area is 128 Å². The normalized spacial score (nSPS) is 23.0. The molecule has 0 aliphatic carbocycles. The highest BCUT2D eigenvalue weighted by Gasteiger charge is 2.44. The van der Waals surface area contributed by atoms with E-state index >= 15 is 0 Å². The molecule has 2 aliphatic rings. The first-order chi connectivity index (χ1) is 10.7. The van der Waals surface area contributed by atoms with Crippen molar-refractivity contribution in [3.8, 4) is 5.69 Å². The zero-order chi connectivity index (χ0) is 15.1. The maximum atomic E-state index is 12.5. The number of nitrogens with one attached hydrogen (secondary N) is 1. The van der Waals surface area contributed by atoms with Crippen LogP contribution in [0.15, 0.2) is 24.5 Å². The van der Waals surface area contributed by atoms with Gasteiger partial charge in [-0.05, 0) is 55.5 Å². The minimum atomic E-state index is 0.00213. The average molecular weight is 298 g/mol. The molecular formula is C15H18N6O. The summed E-state index contributed by atoms with van der Waals surface area (Å²) < 4.78 is 0. The maximum absolute atomic E-state index is 12.5. The SMILES string of the molecule is Cc1ccc(NC(=O)N2C3CCCC2C3)cc1-n1ncnn1. The Bertz CT molecular complexity index is 684. The average Bonchev–Trinajstić information content (AvgIpc) is 3.04. The highest BCUT2D eigenvalue weighted by Crippen LogP contribution is 2.38. The maximum Gasteiger partial charge on any atom is 0.322 e. The topological polar surface area (TPSA) is 75.9 Å². The smallest absolute Gasteiger partial charge is 0.318 e. The number of benzene rings is 1. The summed E-state index contributed by atoms with van der Waals surface area (Å²) in [5.41, 5.74) is 2.60. The molecular weight excluding hydrogens is 280 g/mol. The molecule has 1 aromatic heterocycles. The standard InChI is InChI=1S/C15H18N6O/c1-10-5-6-11(7-14(10)21-17-9-16-19-21)18-15(22)20-12-3-2-4-13(20)8-12/h5-7,9,12-13H,2-4,8H2,1H3,(H,18,22). The second kappa shape index (κ2) is 5.08. The van der Waals surface area contributed by atoms with Crippen LogP contribution in [-0.4, -0.2) is 43.2 Å². The fourth-order valence-electron chi connectivity index (χ4n) is 3.50. The predicted molar refractivity (Wildman–Crippen MR) is 80.8 cm³/mol. The number of urea groups is 1. The molecule has 2 fully saturated rings. The number of hydrogen-bond donors (Lipinski definition) is 1. The number of piperidine rings is 1. The molecule has 0 radical (unpaired) electrons. The summed E-state index contributed by atoms with van der Waals surface area (Å²) in [5.74, 6) is 0. The third kappa shape index (κ3) is 2.13. The predicted octanol–water partition coefficient (Wildman–Crippen LogP) is 2.13. The lowest BCUT2D eigenvalue weighted by Gasteiger charge is -2.52. The Kier molecular flexibility index (Phi) is 3.06. The van der Waals surface area contributed by atoms with Crippen molar-refractivity contribution in [1.29, 1.82) is 0 Å². The fourth-order valence-corrected chi connectivity index (χ4v) is 3.50. The molecule has 0 saturated carbocycles. The van der Waals surface area contributed by atoms with E-state index in [-0.39, 0.29) is 6.03 Å². The Hall–Kier alpha value is -2.44. The van der Waals surface area contributed by atoms with Crippen molar-refractivity contribution in [3.63, 3.8) is 0 Å². The number of hydrogen-bond acceptors (Lipinski definition) is 4.